The van der Waals surface area contributed by atoms with Crippen LogP contribution in [0, 0.1) is 5.82 Å². The van der Waals surface area contributed by atoms with Crippen LogP contribution in [-0.4, -0.2) is 56.3 Å². The second-order valence-electron chi connectivity index (χ2n) is 8.74. The van der Waals surface area contributed by atoms with Crippen molar-refractivity contribution in [2.75, 3.05) is 13.1 Å². The van der Waals surface area contributed by atoms with E-state index < -0.39 is 33.7 Å². The second kappa shape index (κ2) is 13.4. The first-order chi connectivity index (χ1) is 18.9. The minimum Gasteiger partial charge on any atom is -0.462 e. The van der Waals surface area contributed by atoms with E-state index in [0.717, 1.165) is 11.8 Å². The summed E-state index contributed by atoms with van der Waals surface area (Å²) in [5.74, 6) is -3.07. The SMILES string of the molecule is CC(C)OC(=O)CNC(=O)c1ccc(C(=O)NS(=O)(=O)c2ccc(C(=O)NCCc3ccc(F)cc3)cc2)cn1. The normalized spacial score (nSPS) is 11.0. The molecular formula is C27H27FN4O7S. The van der Waals surface area contributed by atoms with Gasteiger partial charge in [0.25, 0.3) is 27.7 Å². The largest absolute Gasteiger partial charge is 0.462 e. The van der Waals surface area contributed by atoms with E-state index in [-0.39, 0.29) is 40.2 Å². The van der Waals surface area contributed by atoms with E-state index in [4.69, 9.17) is 4.74 Å². The van der Waals surface area contributed by atoms with Gasteiger partial charge in [0.15, 0.2) is 0 Å². The van der Waals surface area contributed by atoms with Gasteiger partial charge in [-0.25, -0.2) is 17.5 Å². The predicted molar refractivity (Wildman–Crippen MR) is 141 cm³/mol. The zero-order valence-electron chi connectivity index (χ0n) is 21.6. The van der Waals surface area contributed by atoms with Crippen molar-refractivity contribution in [3.63, 3.8) is 0 Å². The topological polar surface area (TPSA) is 161 Å². The van der Waals surface area contributed by atoms with Crippen LogP contribution in [0.5, 0.6) is 0 Å². The molecule has 11 nitrogen and oxygen atoms in total. The van der Waals surface area contributed by atoms with E-state index in [1.54, 1.807) is 26.0 Å². The summed E-state index contributed by atoms with van der Waals surface area (Å²) in [5.41, 5.74) is 0.829. The maximum atomic E-state index is 13.0. The fourth-order valence-corrected chi connectivity index (χ4v) is 4.28. The van der Waals surface area contributed by atoms with Crippen molar-refractivity contribution in [2.45, 2.75) is 31.3 Å². The molecule has 0 radical (unpaired) electrons. The van der Waals surface area contributed by atoms with Gasteiger partial charge in [-0.3, -0.25) is 24.2 Å². The van der Waals surface area contributed by atoms with Crippen molar-refractivity contribution in [2.24, 2.45) is 0 Å². The molecule has 1 aromatic heterocycles. The highest BCUT2D eigenvalue weighted by atomic mass is 32.2. The summed E-state index contributed by atoms with van der Waals surface area (Å²) in [6, 6.07) is 13.3. The van der Waals surface area contributed by atoms with Gasteiger partial charge in [0.2, 0.25) is 0 Å². The molecule has 0 atom stereocenters. The number of nitrogens with zero attached hydrogens (tertiary/aromatic N) is 1. The molecule has 3 aromatic rings. The van der Waals surface area contributed by atoms with Crippen molar-refractivity contribution in [1.29, 1.82) is 0 Å². The molecule has 40 heavy (non-hydrogen) atoms. The van der Waals surface area contributed by atoms with Crippen LogP contribution in [0.15, 0.2) is 71.8 Å². The summed E-state index contributed by atoms with van der Waals surface area (Å²) in [5, 5.41) is 5.03. The van der Waals surface area contributed by atoms with E-state index in [1.807, 2.05) is 4.72 Å². The molecule has 210 valence electrons. The molecule has 3 rings (SSSR count). The third-order valence-corrected chi connectivity index (χ3v) is 6.63. The average molecular weight is 571 g/mol. The van der Waals surface area contributed by atoms with E-state index >= 15 is 0 Å². The number of carbonyl (C=O) groups is 4. The van der Waals surface area contributed by atoms with Crippen LogP contribution in [0.3, 0.4) is 0 Å². The summed E-state index contributed by atoms with van der Waals surface area (Å²) in [6.45, 7) is 3.26. The van der Waals surface area contributed by atoms with Crippen LogP contribution in [0.4, 0.5) is 4.39 Å². The molecule has 0 spiro atoms. The fourth-order valence-electron chi connectivity index (χ4n) is 3.31. The lowest BCUT2D eigenvalue weighted by Crippen LogP contribution is -2.32. The Morgan fingerprint density at radius 1 is 0.850 bits per heavy atom. The number of nitrogens with one attached hydrogen (secondary N) is 3. The third kappa shape index (κ3) is 8.70. The molecule has 0 bridgehead atoms. The molecular weight excluding hydrogens is 543 g/mol. The zero-order chi connectivity index (χ0) is 29.3. The lowest BCUT2D eigenvalue weighted by atomic mass is 10.1. The van der Waals surface area contributed by atoms with Gasteiger partial charge in [-0.05, 0) is 74.4 Å². The Morgan fingerprint density at radius 2 is 1.50 bits per heavy atom. The smallest absolute Gasteiger partial charge is 0.325 e. The van der Waals surface area contributed by atoms with Crippen LogP contribution in [0.25, 0.3) is 0 Å². The maximum Gasteiger partial charge on any atom is 0.325 e. The fraction of sp³-hybridized carbons (Fsp3) is 0.222. The number of esters is 1. The number of ether oxygens (including phenoxy) is 1. The lowest BCUT2D eigenvalue weighted by Gasteiger charge is -2.10. The Hall–Kier alpha value is -4.65. The summed E-state index contributed by atoms with van der Waals surface area (Å²) in [7, 11) is -4.28. The molecule has 0 aliphatic heterocycles. The number of rotatable bonds is 11. The highest BCUT2D eigenvalue weighted by molar-refractivity contribution is 7.90. The van der Waals surface area contributed by atoms with E-state index in [2.05, 4.69) is 15.6 Å². The minimum atomic E-state index is -4.28. The number of hydrogen-bond acceptors (Lipinski definition) is 8. The summed E-state index contributed by atoms with van der Waals surface area (Å²) < 4.78 is 45.1. The molecule has 3 amide bonds. The monoisotopic (exact) mass is 570 g/mol. The summed E-state index contributed by atoms with van der Waals surface area (Å²) >= 11 is 0. The molecule has 0 fully saturated rings. The van der Waals surface area contributed by atoms with Gasteiger partial charge in [-0.15, -0.1) is 0 Å². The molecule has 0 aliphatic carbocycles. The predicted octanol–water partition coefficient (Wildman–Crippen LogP) is 1.99. The molecule has 0 aliphatic rings. The third-order valence-electron chi connectivity index (χ3n) is 5.29. The van der Waals surface area contributed by atoms with Gasteiger partial charge < -0.3 is 15.4 Å². The Kier molecular flexibility index (Phi) is 10.0. The number of hydrogen-bond donors (Lipinski definition) is 3. The second-order valence-corrected chi connectivity index (χ2v) is 10.4. The van der Waals surface area contributed by atoms with Gasteiger partial charge >= 0.3 is 5.97 Å². The highest BCUT2D eigenvalue weighted by Crippen LogP contribution is 2.12. The summed E-state index contributed by atoms with van der Waals surface area (Å²) in [6.07, 6.45) is 1.17. The number of amides is 3. The van der Waals surface area contributed by atoms with Gasteiger partial charge in [0.1, 0.15) is 18.1 Å². The van der Waals surface area contributed by atoms with Crippen molar-refractivity contribution in [3.8, 4) is 0 Å². The van der Waals surface area contributed by atoms with Crippen molar-refractivity contribution in [3.05, 3.63) is 95.1 Å². The maximum absolute atomic E-state index is 13.0. The number of carbonyl (C=O) groups excluding carboxylic acids is 4. The number of benzene rings is 2. The minimum absolute atomic E-state index is 0.0942. The lowest BCUT2D eigenvalue weighted by molar-refractivity contribution is -0.146. The molecule has 0 unspecified atom stereocenters. The van der Waals surface area contributed by atoms with Gasteiger partial charge in [0, 0.05) is 18.3 Å². The first-order valence-electron chi connectivity index (χ1n) is 12.1. The van der Waals surface area contributed by atoms with Crippen molar-refractivity contribution < 1.29 is 36.7 Å². The van der Waals surface area contributed by atoms with Crippen molar-refractivity contribution in [1.82, 2.24) is 20.3 Å². The Bertz CT molecular complexity index is 1470. The molecule has 13 heteroatoms. The Morgan fingerprint density at radius 3 is 2.10 bits per heavy atom. The average Bonchev–Trinajstić information content (AvgIpc) is 2.92. The first-order valence-corrected chi connectivity index (χ1v) is 13.6. The van der Waals surface area contributed by atoms with Crippen LogP contribution >= 0.6 is 0 Å². The molecule has 1 heterocycles. The Labute approximate surface area is 230 Å². The molecule has 3 N–H and O–H groups in total. The van der Waals surface area contributed by atoms with Gasteiger partial charge in [0.05, 0.1) is 16.6 Å². The zero-order valence-corrected chi connectivity index (χ0v) is 22.5. The standard InChI is InChI=1S/C27H27FN4O7S/c1-17(2)39-24(33)16-31-27(36)23-12-7-20(15-30-23)26(35)32-40(37,38)22-10-5-19(6-11-22)25(34)29-14-13-18-3-8-21(28)9-4-18/h3-12,15,17H,13-14,16H2,1-2H3,(H,29,34)(H,31,36)(H,32,35). The molecule has 0 saturated heterocycles. The first kappa shape index (κ1) is 29.9. The number of sulfonamides is 1. The van der Waals surface area contributed by atoms with Crippen LogP contribution in [-0.2, 0) is 26.0 Å². The number of halogens is 1. The summed E-state index contributed by atoms with van der Waals surface area (Å²) in [4.78, 5) is 52.1. The molecule has 2 aromatic carbocycles. The van der Waals surface area contributed by atoms with E-state index in [0.29, 0.717) is 13.0 Å². The van der Waals surface area contributed by atoms with Crippen LogP contribution in [0.1, 0.15) is 50.6 Å². The molecule has 0 saturated carbocycles. The number of pyridine rings is 1. The van der Waals surface area contributed by atoms with Crippen LogP contribution in [0.2, 0.25) is 0 Å². The number of aromatic nitrogens is 1. The quantitative estimate of drug-likeness (QED) is 0.295. The van der Waals surface area contributed by atoms with E-state index in [1.165, 1.54) is 48.5 Å². The van der Waals surface area contributed by atoms with Crippen LogP contribution < -0.4 is 15.4 Å². The van der Waals surface area contributed by atoms with Crippen molar-refractivity contribution >= 4 is 33.7 Å². The van der Waals surface area contributed by atoms with Gasteiger partial charge in [-0.2, -0.15) is 0 Å². The van der Waals surface area contributed by atoms with E-state index in [9.17, 15) is 32.0 Å². The van der Waals surface area contributed by atoms with Gasteiger partial charge in [-0.1, -0.05) is 12.1 Å². The Balaban J connectivity index is 1.53. The highest BCUT2D eigenvalue weighted by Gasteiger charge is 2.20.